The third kappa shape index (κ3) is 3.20. The van der Waals surface area contributed by atoms with Gasteiger partial charge in [0.2, 0.25) is 0 Å². The molecule has 3 aromatic carbocycles. The number of benzene rings is 3. The topological polar surface area (TPSA) is 92.9 Å². The lowest BCUT2D eigenvalue weighted by atomic mass is 9.98. The van der Waals surface area contributed by atoms with Crippen LogP contribution in [-0.4, -0.2) is 4.98 Å². The van der Waals surface area contributed by atoms with Crippen LogP contribution in [0.3, 0.4) is 0 Å². The Hall–Kier alpha value is -4.14. The van der Waals surface area contributed by atoms with Crippen molar-refractivity contribution in [1.29, 1.82) is 5.26 Å². The van der Waals surface area contributed by atoms with E-state index < -0.39 is 5.63 Å². The number of anilines is 1. The summed E-state index contributed by atoms with van der Waals surface area (Å²) in [6.07, 6.45) is 0. The van der Waals surface area contributed by atoms with Crippen molar-refractivity contribution in [1.82, 2.24) is 4.98 Å². The van der Waals surface area contributed by atoms with Crippen LogP contribution in [0.1, 0.15) is 5.56 Å². The molecule has 0 radical (unpaired) electrons. The van der Waals surface area contributed by atoms with Crippen LogP contribution in [0.25, 0.3) is 44.1 Å². The predicted octanol–water partition coefficient (Wildman–Crippen LogP) is 5.78. The molecule has 5 aromatic rings. The molecule has 2 aromatic heterocycles. The van der Waals surface area contributed by atoms with Gasteiger partial charge in [-0.1, -0.05) is 54.1 Å². The summed E-state index contributed by atoms with van der Waals surface area (Å²) in [5.74, 6) is 0.0439. The zero-order chi connectivity index (χ0) is 21.5. The first-order valence-electron chi connectivity index (χ1n) is 9.47. The first-order chi connectivity index (χ1) is 15.0. The second-order valence-electron chi connectivity index (χ2n) is 7.08. The zero-order valence-electron chi connectivity index (χ0n) is 16.1. The highest BCUT2D eigenvalue weighted by Gasteiger charge is 2.17. The number of nitrogens with zero attached hydrogens (tertiary/aromatic N) is 2. The Morgan fingerprint density at radius 1 is 0.935 bits per heavy atom. The van der Waals surface area contributed by atoms with E-state index >= 15 is 0 Å². The van der Waals surface area contributed by atoms with Gasteiger partial charge >= 0.3 is 5.63 Å². The highest BCUT2D eigenvalue weighted by Crippen LogP contribution is 2.33. The number of halogens is 1. The second kappa shape index (κ2) is 7.28. The molecule has 6 heteroatoms. The van der Waals surface area contributed by atoms with Crippen LogP contribution in [0.4, 0.5) is 5.82 Å². The van der Waals surface area contributed by atoms with E-state index in [0.29, 0.717) is 21.9 Å². The maximum Gasteiger partial charge on any atom is 0.345 e. The number of fused-ring (bicyclic) bond motifs is 3. The minimum atomic E-state index is -0.526. The summed E-state index contributed by atoms with van der Waals surface area (Å²) in [7, 11) is 0. The normalized spacial score (nSPS) is 11.0. The number of aromatic nitrogens is 1. The number of nitriles is 1. The standard InChI is InChI=1S/C25H14ClN3O2/c26-16-8-5-15(6-9-16)18-12-22(29-24(28)21(18)13-27)20-11-19-17-4-2-1-3-14(17)7-10-23(19)31-25(20)30/h1-12H,(H2,28,29). The summed E-state index contributed by atoms with van der Waals surface area (Å²) in [5.41, 5.74) is 8.22. The molecule has 0 spiro atoms. The van der Waals surface area contributed by atoms with Gasteiger partial charge in [0.05, 0.1) is 11.3 Å². The van der Waals surface area contributed by atoms with E-state index in [2.05, 4.69) is 11.1 Å². The van der Waals surface area contributed by atoms with Gasteiger partial charge in [-0.25, -0.2) is 9.78 Å². The molecule has 148 valence electrons. The maximum absolute atomic E-state index is 12.8. The molecule has 5 nitrogen and oxygen atoms in total. The van der Waals surface area contributed by atoms with Gasteiger partial charge in [0.15, 0.2) is 0 Å². The molecule has 0 bridgehead atoms. The third-order valence-corrected chi connectivity index (χ3v) is 5.48. The van der Waals surface area contributed by atoms with Crippen molar-refractivity contribution in [2.24, 2.45) is 0 Å². The SMILES string of the molecule is N#Cc1c(-c2ccc(Cl)cc2)cc(-c2cc3c(ccc4ccccc43)oc2=O)nc1N. The lowest BCUT2D eigenvalue weighted by Gasteiger charge is -2.11. The van der Waals surface area contributed by atoms with Crippen molar-refractivity contribution < 1.29 is 4.42 Å². The number of nitrogens with two attached hydrogens (primary N) is 1. The largest absolute Gasteiger partial charge is 0.422 e. The molecular weight excluding hydrogens is 410 g/mol. The van der Waals surface area contributed by atoms with Gasteiger partial charge in [-0.2, -0.15) is 5.26 Å². The van der Waals surface area contributed by atoms with E-state index in [-0.39, 0.29) is 16.9 Å². The summed E-state index contributed by atoms with van der Waals surface area (Å²) in [4.78, 5) is 17.1. The van der Waals surface area contributed by atoms with Crippen molar-refractivity contribution >= 4 is 39.2 Å². The lowest BCUT2D eigenvalue weighted by molar-refractivity contribution is 0.563. The van der Waals surface area contributed by atoms with Gasteiger partial charge in [0.25, 0.3) is 0 Å². The lowest BCUT2D eigenvalue weighted by Crippen LogP contribution is -2.07. The number of pyridine rings is 1. The summed E-state index contributed by atoms with van der Waals surface area (Å²) in [5, 5.41) is 13.0. The first kappa shape index (κ1) is 18.9. The van der Waals surface area contributed by atoms with E-state index in [1.54, 1.807) is 42.5 Å². The molecule has 0 aliphatic heterocycles. The van der Waals surface area contributed by atoms with Crippen LogP contribution < -0.4 is 11.4 Å². The van der Waals surface area contributed by atoms with Gasteiger partial charge in [-0.05, 0) is 46.7 Å². The molecule has 31 heavy (non-hydrogen) atoms. The number of nitrogen functional groups attached to an aromatic ring is 1. The molecule has 2 N–H and O–H groups in total. The van der Waals surface area contributed by atoms with Crippen molar-refractivity contribution in [3.05, 3.63) is 93.8 Å². The molecule has 0 aliphatic rings. The van der Waals surface area contributed by atoms with Crippen LogP contribution >= 0.6 is 11.6 Å². The molecule has 0 atom stereocenters. The Morgan fingerprint density at radius 3 is 2.48 bits per heavy atom. The average molecular weight is 424 g/mol. The Morgan fingerprint density at radius 2 is 1.71 bits per heavy atom. The molecule has 0 unspecified atom stereocenters. The van der Waals surface area contributed by atoms with Crippen LogP contribution in [0.15, 0.2) is 82.0 Å². The van der Waals surface area contributed by atoms with Crippen molar-refractivity contribution in [2.45, 2.75) is 0 Å². The first-order valence-corrected chi connectivity index (χ1v) is 9.85. The van der Waals surface area contributed by atoms with Crippen LogP contribution in [-0.2, 0) is 0 Å². The Bertz CT molecular complexity index is 1580. The summed E-state index contributed by atoms with van der Waals surface area (Å²) in [6, 6.07) is 24.1. The van der Waals surface area contributed by atoms with E-state index in [9.17, 15) is 10.1 Å². The number of hydrogen-bond donors (Lipinski definition) is 1. The number of hydrogen-bond acceptors (Lipinski definition) is 5. The highest BCUT2D eigenvalue weighted by molar-refractivity contribution is 6.30. The van der Waals surface area contributed by atoms with Gasteiger partial charge in [-0.3, -0.25) is 0 Å². The molecule has 0 fully saturated rings. The summed E-state index contributed by atoms with van der Waals surface area (Å²) in [6.45, 7) is 0. The van der Waals surface area contributed by atoms with Crippen molar-refractivity contribution in [2.75, 3.05) is 5.73 Å². The van der Waals surface area contributed by atoms with Crippen molar-refractivity contribution in [3.63, 3.8) is 0 Å². The van der Waals surface area contributed by atoms with Crippen LogP contribution in [0.2, 0.25) is 5.02 Å². The van der Waals surface area contributed by atoms with Gasteiger partial charge in [0, 0.05) is 16.0 Å². The maximum atomic E-state index is 12.8. The molecule has 2 heterocycles. The fraction of sp³-hybridized carbons (Fsp3) is 0. The Balaban J connectivity index is 1.79. The average Bonchev–Trinajstić information content (AvgIpc) is 2.78. The number of rotatable bonds is 2. The quantitative estimate of drug-likeness (QED) is 0.287. The van der Waals surface area contributed by atoms with Crippen LogP contribution in [0, 0.1) is 11.3 Å². The molecular formula is C25H14ClN3O2. The molecule has 0 saturated carbocycles. The van der Waals surface area contributed by atoms with Crippen LogP contribution in [0.5, 0.6) is 0 Å². The van der Waals surface area contributed by atoms with Gasteiger partial charge in [-0.15, -0.1) is 0 Å². The summed E-state index contributed by atoms with van der Waals surface area (Å²) < 4.78 is 5.59. The zero-order valence-corrected chi connectivity index (χ0v) is 16.9. The van der Waals surface area contributed by atoms with Crippen molar-refractivity contribution in [3.8, 4) is 28.5 Å². The third-order valence-electron chi connectivity index (χ3n) is 5.23. The predicted molar refractivity (Wildman–Crippen MR) is 123 cm³/mol. The minimum absolute atomic E-state index is 0.0439. The highest BCUT2D eigenvalue weighted by atomic mass is 35.5. The van der Waals surface area contributed by atoms with Gasteiger partial charge < -0.3 is 10.2 Å². The molecule has 5 rings (SSSR count). The minimum Gasteiger partial charge on any atom is -0.422 e. The summed E-state index contributed by atoms with van der Waals surface area (Å²) >= 11 is 6.00. The van der Waals surface area contributed by atoms with E-state index in [4.69, 9.17) is 21.8 Å². The monoisotopic (exact) mass is 423 g/mol. The Labute approximate surface area is 181 Å². The van der Waals surface area contributed by atoms with E-state index in [0.717, 1.165) is 21.7 Å². The molecule has 0 amide bonds. The Kier molecular flexibility index (Phi) is 4.43. The van der Waals surface area contributed by atoms with E-state index in [1.807, 2.05) is 30.3 Å². The van der Waals surface area contributed by atoms with E-state index in [1.165, 1.54) is 0 Å². The smallest absolute Gasteiger partial charge is 0.345 e. The fourth-order valence-corrected chi connectivity index (χ4v) is 3.85. The molecule has 0 saturated heterocycles. The molecule has 0 aliphatic carbocycles. The second-order valence-corrected chi connectivity index (χ2v) is 7.52. The van der Waals surface area contributed by atoms with Gasteiger partial charge in [0.1, 0.15) is 23.0 Å². The fourth-order valence-electron chi connectivity index (χ4n) is 3.73.